The molecule has 36 heavy (non-hydrogen) atoms. The molecule has 2 atom stereocenters. The van der Waals surface area contributed by atoms with Crippen molar-refractivity contribution in [2.45, 2.75) is 31.3 Å². The molecule has 3 rings (SSSR count). The van der Waals surface area contributed by atoms with E-state index in [1.165, 1.54) is 17.0 Å². The van der Waals surface area contributed by atoms with Gasteiger partial charge in [-0.15, -0.1) is 13.2 Å². The second kappa shape index (κ2) is 12.5. The molecule has 0 bridgehead atoms. The SMILES string of the molecule is COCCOc1ccc(C(=O)N[C@H]2CN(C(=O)Nc3ccc(OC(F)(F)F)cc3)CCC[C@H]2O)cc1. The van der Waals surface area contributed by atoms with E-state index in [2.05, 4.69) is 15.4 Å². The van der Waals surface area contributed by atoms with Gasteiger partial charge in [0, 0.05) is 31.5 Å². The molecule has 3 amide bonds. The molecule has 9 nitrogen and oxygen atoms in total. The van der Waals surface area contributed by atoms with Crippen molar-refractivity contribution in [3.63, 3.8) is 0 Å². The molecule has 1 fully saturated rings. The quantitative estimate of drug-likeness (QED) is 0.469. The number of carbonyl (C=O) groups is 2. The summed E-state index contributed by atoms with van der Waals surface area (Å²) < 4.78 is 51.2. The minimum absolute atomic E-state index is 0.0478. The molecule has 0 aromatic heterocycles. The lowest BCUT2D eigenvalue weighted by molar-refractivity contribution is -0.274. The minimum Gasteiger partial charge on any atom is -0.491 e. The summed E-state index contributed by atoms with van der Waals surface area (Å²) >= 11 is 0. The van der Waals surface area contributed by atoms with E-state index in [9.17, 15) is 27.9 Å². The van der Waals surface area contributed by atoms with Crippen molar-refractivity contribution in [2.24, 2.45) is 0 Å². The maximum absolute atomic E-state index is 12.8. The first-order chi connectivity index (χ1) is 17.1. The van der Waals surface area contributed by atoms with E-state index < -0.39 is 36.2 Å². The van der Waals surface area contributed by atoms with Crippen LogP contribution in [0.5, 0.6) is 11.5 Å². The van der Waals surface area contributed by atoms with Gasteiger partial charge in [-0.1, -0.05) is 0 Å². The number of aliphatic hydroxyl groups excluding tert-OH is 1. The summed E-state index contributed by atoms with van der Waals surface area (Å²) in [7, 11) is 1.57. The van der Waals surface area contributed by atoms with Crippen molar-refractivity contribution in [3.8, 4) is 11.5 Å². The Kier molecular flexibility index (Phi) is 9.37. The molecule has 1 aliphatic heterocycles. The highest BCUT2D eigenvalue weighted by Crippen LogP contribution is 2.24. The van der Waals surface area contributed by atoms with E-state index in [4.69, 9.17) is 9.47 Å². The number of alkyl halides is 3. The number of urea groups is 1. The summed E-state index contributed by atoms with van der Waals surface area (Å²) in [6.07, 6.45) is -4.78. The van der Waals surface area contributed by atoms with Crippen LogP contribution < -0.4 is 20.1 Å². The number of hydrogen-bond donors (Lipinski definition) is 3. The third-order valence-corrected chi connectivity index (χ3v) is 5.43. The standard InChI is InChI=1S/C24H28F3N3O6/c1-34-13-14-35-18-8-4-16(5-9-18)22(32)29-20-15-30(12-2-3-21(20)31)23(33)28-17-6-10-19(11-7-17)36-24(25,26)27/h4-11,20-21,31H,2-3,12-15H2,1H3,(H,28,33)(H,29,32)/t20-,21+/m0/s1. The molecule has 0 aliphatic carbocycles. The summed E-state index contributed by atoms with van der Waals surface area (Å²) in [6, 6.07) is 10.0. The Morgan fingerprint density at radius 1 is 1.06 bits per heavy atom. The van der Waals surface area contributed by atoms with E-state index >= 15 is 0 Å². The Hall–Kier alpha value is -3.51. The number of aliphatic hydroxyl groups is 1. The number of amides is 3. The Morgan fingerprint density at radius 3 is 2.36 bits per heavy atom. The van der Waals surface area contributed by atoms with Crippen LogP contribution in [0.3, 0.4) is 0 Å². The van der Waals surface area contributed by atoms with Crippen molar-refractivity contribution in [1.29, 1.82) is 0 Å². The van der Waals surface area contributed by atoms with Gasteiger partial charge in [0.1, 0.15) is 18.1 Å². The topological polar surface area (TPSA) is 109 Å². The zero-order valence-corrected chi connectivity index (χ0v) is 19.6. The van der Waals surface area contributed by atoms with Gasteiger partial charge in [0.05, 0.1) is 18.8 Å². The highest BCUT2D eigenvalue weighted by atomic mass is 19.4. The number of methoxy groups -OCH3 is 1. The predicted molar refractivity (Wildman–Crippen MR) is 124 cm³/mol. The molecule has 1 saturated heterocycles. The van der Waals surface area contributed by atoms with Crippen molar-refractivity contribution in [1.82, 2.24) is 10.2 Å². The fraction of sp³-hybridized carbons (Fsp3) is 0.417. The first-order valence-electron chi connectivity index (χ1n) is 11.3. The van der Waals surface area contributed by atoms with Crippen molar-refractivity contribution >= 4 is 17.6 Å². The Morgan fingerprint density at radius 2 is 1.72 bits per heavy atom. The van der Waals surface area contributed by atoms with Gasteiger partial charge in [-0.05, 0) is 61.4 Å². The lowest BCUT2D eigenvalue weighted by Gasteiger charge is -2.27. The molecule has 0 spiro atoms. The molecular weight excluding hydrogens is 483 g/mol. The van der Waals surface area contributed by atoms with Crippen molar-refractivity contribution < 1.29 is 42.1 Å². The number of anilines is 1. The Labute approximate surface area is 206 Å². The fourth-order valence-electron chi connectivity index (χ4n) is 3.61. The number of ether oxygens (including phenoxy) is 3. The van der Waals surface area contributed by atoms with Gasteiger partial charge in [-0.3, -0.25) is 4.79 Å². The largest absolute Gasteiger partial charge is 0.573 e. The monoisotopic (exact) mass is 511 g/mol. The van der Waals surface area contributed by atoms with Gasteiger partial charge in [0.25, 0.3) is 5.91 Å². The number of carbonyl (C=O) groups excluding carboxylic acids is 2. The summed E-state index contributed by atoms with van der Waals surface area (Å²) in [5.41, 5.74) is 0.635. The van der Waals surface area contributed by atoms with E-state index in [-0.39, 0.29) is 12.2 Å². The fourth-order valence-corrected chi connectivity index (χ4v) is 3.61. The maximum atomic E-state index is 12.8. The molecule has 196 valence electrons. The Balaban J connectivity index is 1.58. The van der Waals surface area contributed by atoms with E-state index in [0.29, 0.717) is 43.9 Å². The highest BCUT2D eigenvalue weighted by molar-refractivity contribution is 5.94. The van der Waals surface area contributed by atoms with Gasteiger partial charge < -0.3 is 34.9 Å². The van der Waals surface area contributed by atoms with Crippen LogP contribution in [0.15, 0.2) is 48.5 Å². The van der Waals surface area contributed by atoms with Crippen LogP contribution in [0.1, 0.15) is 23.2 Å². The van der Waals surface area contributed by atoms with Gasteiger partial charge in [0.15, 0.2) is 0 Å². The van der Waals surface area contributed by atoms with Gasteiger partial charge in [-0.25, -0.2) is 4.79 Å². The molecule has 2 aromatic rings. The molecule has 0 saturated carbocycles. The normalized spacial score (nSPS) is 18.2. The number of likely N-dealkylation sites (tertiary alicyclic amines) is 1. The average Bonchev–Trinajstić information content (AvgIpc) is 3.01. The van der Waals surface area contributed by atoms with Crippen molar-refractivity contribution in [3.05, 3.63) is 54.1 Å². The maximum Gasteiger partial charge on any atom is 0.573 e. The van der Waals surface area contributed by atoms with Crippen LogP contribution in [0, 0.1) is 0 Å². The van der Waals surface area contributed by atoms with Gasteiger partial charge in [-0.2, -0.15) is 0 Å². The zero-order valence-electron chi connectivity index (χ0n) is 19.6. The second-order valence-corrected chi connectivity index (χ2v) is 8.10. The average molecular weight is 511 g/mol. The molecule has 1 aliphatic rings. The molecule has 3 N–H and O–H groups in total. The minimum atomic E-state index is -4.81. The summed E-state index contributed by atoms with van der Waals surface area (Å²) in [5, 5.41) is 15.9. The molecule has 1 heterocycles. The van der Waals surface area contributed by atoms with Crippen LogP contribution in [-0.2, 0) is 4.74 Å². The number of rotatable bonds is 8. The Bertz CT molecular complexity index is 1000. The zero-order chi connectivity index (χ0) is 26.1. The first-order valence-corrected chi connectivity index (χ1v) is 11.3. The number of hydrogen-bond acceptors (Lipinski definition) is 6. The molecule has 0 unspecified atom stereocenters. The van der Waals surface area contributed by atoms with E-state index in [1.54, 1.807) is 31.4 Å². The van der Waals surface area contributed by atoms with Crippen LogP contribution in [-0.4, -0.2) is 73.9 Å². The smallest absolute Gasteiger partial charge is 0.491 e. The lowest BCUT2D eigenvalue weighted by Crippen LogP contribution is -2.50. The summed E-state index contributed by atoms with van der Waals surface area (Å²) in [5.74, 6) is -0.236. The van der Waals surface area contributed by atoms with Crippen molar-refractivity contribution in [2.75, 3.05) is 38.7 Å². The number of nitrogens with zero attached hydrogens (tertiary/aromatic N) is 1. The molecule has 0 radical (unpaired) electrons. The van der Waals surface area contributed by atoms with Crippen LogP contribution >= 0.6 is 0 Å². The number of nitrogens with one attached hydrogen (secondary N) is 2. The van der Waals surface area contributed by atoms with E-state index in [1.807, 2.05) is 0 Å². The van der Waals surface area contributed by atoms with Crippen LogP contribution in [0.25, 0.3) is 0 Å². The number of halogens is 3. The molecule has 12 heteroatoms. The second-order valence-electron chi connectivity index (χ2n) is 8.10. The third kappa shape index (κ3) is 8.31. The summed E-state index contributed by atoms with van der Waals surface area (Å²) in [4.78, 5) is 27.0. The first kappa shape index (κ1) is 27.1. The lowest BCUT2D eigenvalue weighted by atomic mass is 10.1. The third-order valence-electron chi connectivity index (χ3n) is 5.43. The van der Waals surface area contributed by atoms with Crippen LogP contribution in [0.2, 0.25) is 0 Å². The predicted octanol–water partition coefficient (Wildman–Crippen LogP) is 3.40. The van der Waals surface area contributed by atoms with Gasteiger partial charge in [0.2, 0.25) is 0 Å². The number of benzene rings is 2. The highest BCUT2D eigenvalue weighted by Gasteiger charge is 2.31. The summed E-state index contributed by atoms with van der Waals surface area (Å²) in [6.45, 7) is 1.19. The molecular formula is C24H28F3N3O6. The van der Waals surface area contributed by atoms with Gasteiger partial charge >= 0.3 is 12.4 Å². The van der Waals surface area contributed by atoms with E-state index in [0.717, 1.165) is 12.1 Å². The van der Waals surface area contributed by atoms with Crippen LogP contribution in [0.4, 0.5) is 23.7 Å². The molecule has 2 aromatic carbocycles.